The minimum atomic E-state index is -0.445. The van der Waals surface area contributed by atoms with Gasteiger partial charge >= 0.3 is 6.09 Å². The van der Waals surface area contributed by atoms with Gasteiger partial charge in [-0.25, -0.2) is 4.79 Å². The average Bonchev–Trinajstić information content (AvgIpc) is 3.08. The SMILES string of the molecule is COc1cc(CN2CCC(C(N)=O)CC2)ccc1C(=O)N(C)CCN1CCC(OC(=O)Nc2ccccc2-c2ccccc2)CC1. The van der Waals surface area contributed by atoms with Crippen LogP contribution in [-0.2, 0) is 16.1 Å². The maximum atomic E-state index is 13.3. The molecule has 0 unspecified atom stereocenters. The third kappa shape index (κ3) is 8.64. The van der Waals surface area contributed by atoms with Crippen LogP contribution in [0.3, 0.4) is 0 Å². The molecule has 0 spiro atoms. The Morgan fingerprint density at radius 3 is 2.26 bits per heavy atom. The molecule has 3 aromatic carbocycles. The van der Waals surface area contributed by atoms with Gasteiger partial charge in [-0.2, -0.15) is 0 Å². The molecule has 5 rings (SSSR count). The van der Waals surface area contributed by atoms with E-state index >= 15 is 0 Å². The molecular weight excluding hydrogens is 582 g/mol. The van der Waals surface area contributed by atoms with E-state index in [2.05, 4.69) is 15.1 Å². The number of carbonyl (C=O) groups is 3. The summed E-state index contributed by atoms with van der Waals surface area (Å²) in [5, 5.41) is 2.93. The van der Waals surface area contributed by atoms with Gasteiger partial charge in [-0.15, -0.1) is 0 Å². The molecule has 2 saturated heterocycles. The first-order valence-corrected chi connectivity index (χ1v) is 16.1. The number of likely N-dealkylation sites (N-methyl/N-ethyl adjacent to an activating group) is 1. The van der Waals surface area contributed by atoms with Crippen molar-refractivity contribution in [2.45, 2.75) is 38.3 Å². The Hall–Kier alpha value is -4.41. The maximum absolute atomic E-state index is 13.3. The summed E-state index contributed by atoms with van der Waals surface area (Å²) in [6.07, 6.45) is 2.43. The van der Waals surface area contributed by atoms with Crippen LogP contribution in [0.25, 0.3) is 11.1 Å². The van der Waals surface area contributed by atoms with E-state index in [9.17, 15) is 14.4 Å². The molecule has 2 aliphatic heterocycles. The summed E-state index contributed by atoms with van der Waals surface area (Å²) in [6.45, 7) is 5.24. The normalized spacial score (nSPS) is 16.5. The molecule has 10 heteroatoms. The average molecular weight is 628 g/mol. The van der Waals surface area contributed by atoms with E-state index in [-0.39, 0.29) is 23.8 Å². The number of hydrogen-bond donors (Lipinski definition) is 2. The van der Waals surface area contributed by atoms with Crippen molar-refractivity contribution in [1.29, 1.82) is 0 Å². The first-order valence-electron chi connectivity index (χ1n) is 16.1. The molecule has 10 nitrogen and oxygen atoms in total. The summed E-state index contributed by atoms with van der Waals surface area (Å²) in [5.41, 5.74) is 9.76. The van der Waals surface area contributed by atoms with E-state index in [4.69, 9.17) is 15.2 Å². The van der Waals surface area contributed by atoms with Crippen LogP contribution < -0.4 is 15.8 Å². The number of anilines is 1. The molecule has 3 aromatic rings. The van der Waals surface area contributed by atoms with Crippen LogP contribution in [0.2, 0.25) is 0 Å². The molecule has 0 atom stereocenters. The number of rotatable bonds is 11. The first-order chi connectivity index (χ1) is 22.3. The largest absolute Gasteiger partial charge is 0.496 e. The van der Waals surface area contributed by atoms with E-state index in [1.54, 1.807) is 12.0 Å². The molecule has 2 aliphatic rings. The van der Waals surface area contributed by atoms with Crippen molar-refractivity contribution in [3.8, 4) is 16.9 Å². The highest BCUT2D eigenvalue weighted by molar-refractivity contribution is 5.97. The van der Waals surface area contributed by atoms with E-state index in [0.29, 0.717) is 17.9 Å². The Labute approximate surface area is 271 Å². The number of amides is 3. The number of methoxy groups -OCH3 is 1. The van der Waals surface area contributed by atoms with Gasteiger partial charge in [-0.05, 0) is 68.1 Å². The highest BCUT2D eigenvalue weighted by Gasteiger charge is 2.25. The summed E-state index contributed by atoms with van der Waals surface area (Å²) in [6, 6.07) is 23.4. The van der Waals surface area contributed by atoms with Gasteiger partial charge < -0.3 is 25.0 Å². The molecule has 3 N–H and O–H groups in total. The van der Waals surface area contributed by atoms with Gasteiger partial charge in [0.05, 0.1) is 18.4 Å². The summed E-state index contributed by atoms with van der Waals surface area (Å²) in [7, 11) is 3.40. The van der Waals surface area contributed by atoms with Crippen molar-refractivity contribution < 1.29 is 23.9 Å². The highest BCUT2D eigenvalue weighted by atomic mass is 16.6. The highest BCUT2D eigenvalue weighted by Crippen LogP contribution is 2.28. The number of ether oxygens (including phenoxy) is 2. The molecular formula is C36H45N5O5. The lowest BCUT2D eigenvalue weighted by molar-refractivity contribution is -0.123. The van der Waals surface area contributed by atoms with Crippen LogP contribution in [0.5, 0.6) is 5.75 Å². The smallest absolute Gasteiger partial charge is 0.411 e. The van der Waals surface area contributed by atoms with Gasteiger partial charge in [0.25, 0.3) is 5.91 Å². The second kappa shape index (κ2) is 15.7. The Balaban J connectivity index is 1.05. The Morgan fingerprint density at radius 2 is 1.57 bits per heavy atom. The Bertz CT molecular complexity index is 1480. The summed E-state index contributed by atoms with van der Waals surface area (Å²) >= 11 is 0. The van der Waals surface area contributed by atoms with Crippen LogP contribution in [0, 0.1) is 5.92 Å². The zero-order chi connectivity index (χ0) is 32.5. The molecule has 46 heavy (non-hydrogen) atoms. The summed E-state index contributed by atoms with van der Waals surface area (Å²) in [5.74, 6) is 0.218. The molecule has 0 radical (unpaired) electrons. The van der Waals surface area contributed by atoms with Crippen molar-refractivity contribution in [1.82, 2.24) is 14.7 Å². The van der Waals surface area contributed by atoms with Gasteiger partial charge in [0.1, 0.15) is 11.9 Å². The number of nitrogens with two attached hydrogens (primary N) is 1. The minimum Gasteiger partial charge on any atom is -0.496 e. The lowest BCUT2D eigenvalue weighted by atomic mass is 9.96. The fraction of sp³-hybridized carbons (Fsp3) is 0.417. The predicted molar refractivity (Wildman–Crippen MR) is 179 cm³/mol. The van der Waals surface area contributed by atoms with Crippen LogP contribution in [0.15, 0.2) is 72.8 Å². The van der Waals surface area contributed by atoms with Crippen LogP contribution in [-0.4, -0.2) is 92.1 Å². The van der Waals surface area contributed by atoms with Crippen molar-refractivity contribution >= 4 is 23.6 Å². The summed E-state index contributed by atoms with van der Waals surface area (Å²) in [4.78, 5) is 43.9. The van der Waals surface area contributed by atoms with E-state index in [1.807, 2.05) is 79.8 Å². The molecule has 244 valence electrons. The number of primary amides is 1. The van der Waals surface area contributed by atoms with Crippen molar-refractivity contribution in [3.63, 3.8) is 0 Å². The zero-order valence-electron chi connectivity index (χ0n) is 26.8. The monoisotopic (exact) mass is 627 g/mol. The zero-order valence-corrected chi connectivity index (χ0v) is 26.8. The van der Waals surface area contributed by atoms with E-state index < -0.39 is 6.09 Å². The standard InChI is InChI=1S/C36H45N5O5/c1-39(35(43)31-13-12-26(24-33(31)45-2)25-41-18-14-28(15-19-41)34(37)42)22-23-40-20-16-29(17-21-40)46-36(44)38-32-11-7-6-10-30(32)27-8-4-3-5-9-27/h3-13,24,28-29H,14-23,25H2,1-2H3,(H2,37,42)(H,38,44). The van der Waals surface area contributed by atoms with Crippen molar-refractivity contribution in [2.75, 3.05) is 58.7 Å². The molecule has 3 amide bonds. The number of carbonyl (C=O) groups excluding carboxylic acids is 3. The Kier molecular flexibility index (Phi) is 11.3. The molecule has 0 saturated carbocycles. The number of nitrogens with one attached hydrogen (secondary N) is 1. The van der Waals surface area contributed by atoms with Gasteiger partial charge in [0.15, 0.2) is 0 Å². The van der Waals surface area contributed by atoms with E-state index in [0.717, 1.165) is 87.3 Å². The maximum Gasteiger partial charge on any atom is 0.411 e. The number of nitrogens with zero attached hydrogens (tertiary/aromatic N) is 3. The third-order valence-electron chi connectivity index (χ3n) is 9.05. The lowest BCUT2D eigenvalue weighted by Gasteiger charge is -2.32. The number of benzene rings is 3. The second-order valence-electron chi connectivity index (χ2n) is 12.2. The number of likely N-dealkylation sites (tertiary alicyclic amines) is 2. The topological polar surface area (TPSA) is 117 Å². The Morgan fingerprint density at radius 1 is 0.891 bits per heavy atom. The van der Waals surface area contributed by atoms with Crippen molar-refractivity contribution in [3.05, 3.63) is 83.9 Å². The predicted octanol–water partition coefficient (Wildman–Crippen LogP) is 4.84. The van der Waals surface area contributed by atoms with Crippen LogP contribution in [0.4, 0.5) is 10.5 Å². The van der Waals surface area contributed by atoms with Gasteiger partial charge in [-0.1, -0.05) is 54.6 Å². The van der Waals surface area contributed by atoms with Crippen LogP contribution >= 0.6 is 0 Å². The molecule has 0 aromatic heterocycles. The molecule has 2 fully saturated rings. The lowest BCUT2D eigenvalue weighted by Crippen LogP contribution is -2.42. The fourth-order valence-corrected chi connectivity index (χ4v) is 6.25. The van der Waals surface area contributed by atoms with Crippen LogP contribution in [0.1, 0.15) is 41.6 Å². The molecule has 0 aliphatic carbocycles. The second-order valence-corrected chi connectivity index (χ2v) is 12.2. The number of hydrogen-bond acceptors (Lipinski definition) is 7. The summed E-state index contributed by atoms with van der Waals surface area (Å²) < 4.78 is 11.4. The fourth-order valence-electron chi connectivity index (χ4n) is 6.25. The molecule has 0 bridgehead atoms. The van der Waals surface area contributed by atoms with Gasteiger partial charge in [0.2, 0.25) is 5.91 Å². The van der Waals surface area contributed by atoms with Gasteiger partial charge in [0, 0.05) is 51.3 Å². The molecule has 2 heterocycles. The third-order valence-corrected chi connectivity index (χ3v) is 9.05. The number of para-hydroxylation sites is 1. The van der Waals surface area contributed by atoms with Gasteiger partial charge in [-0.3, -0.25) is 19.8 Å². The minimum absolute atomic E-state index is 0.0401. The number of piperidine rings is 2. The quantitative estimate of drug-likeness (QED) is 0.312. The first kappa shape index (κ1) is 33.0. The van der Waals surface area contributed by atoms with E-state index in [1.165, 1.54) is 0 Å². The van der Waals surface area contributed by atoms with Crippen molar-refractivity contribution in [2.24, 2.45) is 11.7 Å².